The van der Waals surface area contributed by atoms with Gasteiger partial charge in [0.25, 0.3) is 0 Å². The summed E-state index contributed by atoms with van der Waals surface area (Å²) < 4.78 is 107. The summed E-state index contributed by atoms with van der Waals surface area (Å²) in [7, 11) is -13.1. The van der Waals surface area contributed by atoms with Crippen molar-refractivity contribution >= 4 is 88.5 Å². The first-order chi connectivity index (χ1) is 52.1. The number of amides is 2. The minimum absolute atomic E-state index is 0.0463. The summed E-state index contributed by atoms with van der Waals surface area (Å²) in [6, 6.07) is 70.3. The number of aromatic nitrogens is 3. The smallest absolute Gasteiger partial charge is 0.369 e. The lowest BCUT2D eigenvalue weighted by molar-refractivity contribution is -0.694. The lowest BCUT2D eigenvalue weighted by Gasteiger charge is -2.23. The van der Waals surface area contributed by atoms with Crippen molar-refractivity contribution < 1.29 is 74.8 Å². The van der Waals surface area contributed by atoms with E-state index < -0.39 is 31.2 Å². The summed E-state index contributed by atoms with van der Waals surface area (Å²) in [6.07, 6.45) is 12.6. The highest BCUT2D eigenvalue weighted by molar-refractivity contribution is 7.81. The van der Waals surface area contributed by atoms with Gasteiger partial charge in [-0.25, -0.2) is 26.3 Å². The van der Waals surface area contributed by atoms with Gasteiger partial charge in [-0.2, -0.15) is 25.3 Å². The first kappa shape index (κ1) is 91.5. The van der Waals surface area contributed by atoms with Crippen molar-refractivity contribution in [3.05, 3.63) is 261 Å². The van der Waals surface area contributed by atoms with Crippen molar-refractivity contribution in [1.82, 2.24) is 0 Å². The number of benzene rings is 6. The van der Waals surface area contributed by atoms with Gasteiger partial charge in [-0.3, -0.25) is 23.2 Å². The Kier molecular flexibility index (Phi) is 42.6. The zero-order chi connectivity index (χ0) is 79.9. The van der Waals surface area contributed by atoms with E-state index in [2.05, 4.69) is 207 Å². The number of rotatable bonds is 35. The number of hydrogen-bond donors (Lipinski definition) is 5. The molecule has 5 N–H and O–H groups in total. The van der Waals surface area contributed by atoms with Crippen LogP contribution in [0.5, 0.6) is 0 Å². The summed E-state index contributed by atoms with van der Waals surface area (Å²) in [4.78, 5) is 35.0. The number of aryl methyl sites for hydroxylation is 2. The van der Waals surface area contributed by atoms with Gasteiger partial charge in [-0.1, -0.05) is 91.0 Å². The van der Waals surface area contributed by atoms with Gasteiger partial charge in [0.2, 0.25) is 11.8 Å². The van der Waals surface area contributed by atoms with Crippen LogP contribution in [0.1, 0.15) is 66.5 Å². The lowest BCUT2D eigenvalue weighted by atomic mass is 10.2. The Bertz CT molecular complexity index is 4360. The molecular weight excluding hydrogens is 1450 g/mol. The predicted molar refractivity (Wildman–Crippen MR) is 436 cm³/mol. The van der Waals surface area contributed by atoms with E-state index in [0.29, 0.717) is 31.9 Å². The molecular formula is C81H112N11O14S3+3. The molecule has 0 fully saturated rings. The van der Waals surface area contributed by atoms with Crippen molar-refractivity contribution in [3.8, 4) is 0 Å². The van der Waals surface area contributed by atoms with Gasteiger partial charge in [0.05, 0.1) is 39.5 Å². The number of pyridine rings is 3. The van der Waals surface area contributed by atoms with Crippen LogP contribution in [0, 0.1) is 13.8 Å². The molecule has 0 radical (unpaired) electrons. The van der Waals surface area contributed by atoms with E-state index in [9.17, 15) is 34.8 Å². The number of carbonyl (C=O) groups is 2. The molecule has 25 nitrogen and oxygen atoms in total. The largest absolute Gasteiger partial charge is 0.397 e. The summed E-state index contributed by atoms with van der Waals surface area (Å²) in [5, 5.41) is 5.50. The van der Waals surface area contributed by atoms with E-state index in [-0.39, 0.29) is 31.6 Å². The van der Waals surface area contributed by atoms with Crippen molar-refractivity contribution in [2.45, 2.75) is 88.9 Å². The van der Waals surface area contributed by atoms with E-state index >= 15 is 0 Å². The minimum atomic E-state index is -4.42. The number of hydrogen-bond acceptors (Lipinski definition) is 17. The van der Waals surface area contributed by atoms with E-state index in [0.717, 1.165) is 106 Å². The van der Waals surface area contributed by atoms with Crippen LogP contribution in [-0.4, -0.2) is 149 Å². The van der Waals surface area contributed by atoms with Gasteiger partial charge < -0.3 is 40.0 Å². The number of anilines is 8. The number of nitrogens with zero attached hydrogens (tertiary/aromatic N) is 9. The first-order valence-corrected chi connectivity index (χ1v) is 40.4. The van der Waals surface area contributed by atoms with Crippen molar-refractivity contribution in [2.24, 2.45) is 0 Å². The van der Waals surface area contributed by atoms with Gasteiger partial charge in [0.1, 0.15) is 0 Å². The van der Waals surface area contributed by atoms with Crippen molar-refractivity contribution in [1.29, 1.82) is 0 Å². The van der Waals surface area contributed by atoms with E-state index in [4.69, 9.17) is 13.7 Å². The van der Waals surface area contributed by atoms with E-state index in [1.165, 1.54) is 30.8 Å². The molecule has 0 aliphatic carbocycles. The summed E-state index contributed by atoms with van der Waals surface area (Å²) >= 11 is 0. The van der Waals surface area contributed by atoms with Crippen LogP contribution >= 0.6 is 0 Å². The minimum Gasteiger partial charge on any atom is -0.369 e. The second-order valence-electron chi connectivity index (χ2n) is 24.4. The average Bonchev–Trinajstić information content (AvgIpc) is 0.887. The number of nitrogens with one attached hydrogen (secondary N) is 2. The zero-order valence-electron chi connectivity index (χ0n) is 64.5. The summed E-state index contributed by atoms with van der Waals surface area (Å²) in [6.45, 7) is 31.3. The third-order valence-electron chi connectivity index (χ3n) is 16.3. The predicted octanol–water partition coefficient (Wildman–Crippen LogP) is 12.0. The van der Waals surface area contributed by atoms with Crippen LogP contribution in [0.2, 0.25) is 0 Å². The quantitative estimate of drug-likeness (QED) is 0.0182. The average molecular weight is 1560 g/mol. The molecule has 590 valence electrons. The van der Waals surface area contributed by atoms with Gasteiger partial charge in [-0.05, 0) is 151 Å². The van der Waals surface area contributed by atoms with E-state index in [1.807, 2.05) is 146 Å². The molecule has 0 spiro atoms. The van der Waals surface area contributed by atoms with Crippen LogP contribution in [-0.2, 0) is 73.0 Å². The number of carbonyl (C=O) groups excluding carboxylic acids is 2. The van der Waals surface area contributed by atoms with Crippen LogP contribution in [0.25, 0.3) is 0 Å². The fourth-order valence-corrected chi connectivity index (χ4v) is 11.8. The fraction of sp³-hybridized carbons (Fsp3) is 0.346. The molecule has 0 bridgehead atoms. The summed E-state index contributed by atoms with van der Waals surface area (Å²) in [5.74, 6) is -0.213. The standard InChI is InChI=1S/C17H21N3O.C16H21N2.C15H19N2.C12H18N2O5S.C11H17NO4S.C10H15NO4S/c1-3-20(13-12-19-10-5-4-6-11-19)17-9-7-8-16(14-17)18-15(2)21;1-3-18(16-9-7-8-15(2)14-16)13-12-17-10-5-4-6-11-17;1-2-17(15-9-5-3-6-10-15)14-13-16-11-7-4-8-12-16;1-3-14(7-8-19-20(16,17)18)12-6-4-5-11(9-12)13-10(2)15;1-3-12(7-8-16-17(13,14)15)11-6-4-5-10(2)9-11;1-2-11(8-9-15-16(12,13)14)10-6-4-3-5-7-10/h4-11,14H,3,12-13H2,1-2H3;4-11,14H,3,12-13H2,1-2H3;3-12H,2,13-14H2,1H3;4-6,9H,3,7-8H2,1-2H3,(H,13,15)(H,16,17,18);4-6,9H,3,7-8H2,1-2H3,(H,13,14,15);3-7H,2,8-9H2,1H3,(H,12,13,14)/q;2*+1;;;/p+1. The lowest BCUT2D eigenvalue weighted by Crippen LogP contribution is -2.40. The second kappa shape index (κ2) is 50.7. The van der Waals surface area contributed by atoms with Gasteiger partial charge in [0, 0.05) is 155 Å². The molecule has 0 saturated carbocycles. The van der Waals surface area contributed by atoms with Crippen molar-refractivity contribution in [2.75, 3.05) is 138 Å². The maximum Gasteiger partial charge on any atom is 0.397 e. The van der Waals surface area contributed by atoms with E-state index in [1.54, 1.807) is 18.2 Å². The molecule has 2 amide bonds. The normalized spacial score (nSPS) is 10.8. The van der Waals surface area contributed by atoms with Gasteiger partial charge >= 0.3 is 31.2 Å². The molecule has 9 rings (SSSR count). The molecule has 109 heavy (non-hydrogen) atoms. The Morgan fingerprint density at radius 2 is 0.550 bits per heavy atom. The zero-order valence-corrected chi connectivity index (χ0v) is 66.9. The van der Waals surface area contributed by atoms with Crippen LogP contribution in [0.4, 0.5) is 45.5 Å². The Morgan fingerprint density at radius 1 is 0.321 bits per heavy atom. The topological polar surface area (TPSA) is 280 Å². The molecule has 0 unspecified atom stereocenters. The molecule has 6 aromatic carbocycles. The Labute approximate surface area is 647 Å². The monoisotopic (exact) mass is 1560 g/mol. The molecule has 0 saturated heterocycles. The molecule has 3 aromatic heterocycles. The molecule has 0 aliphatic rings. The maximum absolute atomic E-state index is 11.1. The second-order valence-corrected chi connectivity index (χ2v) is 27.7. The molecule has 9 aromatic rings. The number of para-hydroxylation sites is 2. The third-order valence-corrected chi connectivity index (χ3v) is 17.7. The number of likely N-dealkylation sites (N-methyl/N-ethyl adjacent to an activating group) is 6. The first-order valence-electron chi connectivity index (χ1n) is 36.3. The Morgan fingerprint density at radius 3 is 0.807 bits per heavy atom. The third kappa shape index (κ3) is 40.2. The van der Waals surface area contributed by atoms with Gasteiger partial charge in [-0.15, -0.1) is 0 Å². The molecule has 0 aliphatic heterocycles. The fourth-order valence-electron chi connectivity index (χ4n) is 10.9. The van der Waals surface area contributed by atoms with Gasteiger partial charge in [0.15, 0.2) is 56.8 Å². The van der Waals surface area contributed by atoms with Crippen LogP contribution < -0.4 is 53.7 Å². The Balaban J connectivity index is 0.000000277. The molecule has 3 heterocycles. The van der Waals surface area contributed by atoms with Crippen molar-refractivity contribution in [3.63, 3.8) is 0 Å². The Hall–Kier alpha value is -9.88. The SMILES string of the molecule is CCN(CCOS(=O)(=O)O)c1cccc(C)c1.CCN(CCOS(=O)(=O)O)c1cccc(NC(C)=O)c1.CCN(CCOS(=O)(=O)O)c1ccccc1.CCN(CC[n+]1ccccc1)c1cccc(C)c1.CCN(CC[n+]1ccccc1)c1cccc(NC(C)=O)c1.CCN(CC[n+]1ccccc1)c1ccccc1. The van der Waals surface area contributed by atoms with Crippen LogP contribution in [0.15, 0.2) is 250 Å². The highest BCUT2D eigenvalue weighted by atomic mass is 32.3. The molecule has 0 atom stereocenters. The van der Waals surface area contributed by atoms with Crippen LogP contribution in [0.3, 0.4) is 0 Å². The highest BCUT2D eigenvalue weighted by Crippen LogP contribution is 2.22. The maximum atomic E-state index is 11.1. The molecule has 28 heteroatoms. The summed E-state index contributed by atoms with van der Waals surface area (Å²) in [5.41, 5.74) is 10.5. The highest BCUT2D eigenvalue weighted by Gasteiger charge is 2.15.